The molecule has 0 fully saturated rings. The number of nitrogens with zero attached hydrogens (tertiary/aromatic N) is 1. The molecule has 1 aliphatic rings. The van der Waals surface area contributed by atoms with Crippen LogP contribution < -0.4 is 5.32 Å². The Morgan fingerprint density at radius 1 is 0.828 bits per heavy atom. The summed E-state index contributed by atoms with van der Waals surface area (Å²) in [6, 6.07) is 24.1. The van der Waals surface area contributed by atoms with Gasteiger partial charge in [-0.25, -0.2) is 0 Å². The van der Waals surface area contributed by atoms with Crippen LogP contribution in [0.3, 0.4) is 0 Å². The molecule has 3 aromatic carbocycles. The van der Waals surface area contributed by atoms with Gasteiger partial charge in [-0.2, -0.15) is 0 Å². The van der Waals surface area contributed by atoms with Crippen LogP contribution in [0.4, 0.5) is 5.69 Å². The van der Waals surface area contributed by atoms with E-state index in [0.717, 1.165) is 16.8 Å². The molecule has 0 spiro atoms. The zero-order chi connectivity index (χ0) is 20.4. The second kappa shape index (κ2) is 7.94. The van der Waals surface area contributed by atoms with E-state index in [0.29, 0.717) is 16.2 Å². The lowest BCUT2D eigenvalue weighted by Crippen LogP contribution is -2.31. The van der Waals surface area contributed by atoms with E-state index >= 15 is 0 Å². The topological polar surface area (TPSA) is 49.4 Å². The van der Waals surface area contributed by atoms with Crippen molar-refractivity contribution in [2.45, 2.75) is 13.5 Å². The first-order valence-corrected chi connectivity index (χ1v) is 9.65. The maximum atomic E-state index is 13.2. The summed E-state index contributed by atoms with van der Waals surface area (Å²) in [5.74, 6) is -0.667. The molecule has 1 N–H and O–H groups in total. The Bertz CT molecular complexity index is 1090. The molecule has 0 atom stereocenters. The fourth-order valence-electron chi connectivity index (χ4n) is 3.27. The average molecular weight is 403 g/mol. The number of amides is 2. The third-order valence-electron chi connectivity index (χ3n) is 4.81. The van der Waals surface area contributed by atoms with Crippen LogP contribution in [0.1, 0.15) is 16.7 Å². The van der Waals surface area contributed by atoms with Gasteiger partial charge in [-0.15, -0.1) is 0 Å². The SMILES string of the molecule is Cc1ccc(NC2=C(c3ccc(Cl)cc3)C(=O)N(Cc3ccccc3)C2=O)cc1. The number of nitrogens with one attached hydrogen (secondary N) is 1. The fourth-order valence-corrected chi connectivity index (χ4v) is 3.39. The summed E-state index contributed by atoms with van der Waals surface area (Å²) in [5, 5.41) is 3.73. The van der Waals surface area contributed by atoms with E-state index in [-0.39, 0.29) is 24.1 Å². The number of rotatable bonds is 5. The predicted molar refractivity (Wildman–Crippen MR) is 115 cm³/mol. The monoisotopic (exact) mass is 402 g/mol. The maximum absolute atomic E-state index is 13.2. The number of carbonyl (C=O) groups is 2. The van der Waals surface area contributed by atoms with Crippen LogP contribution in [0, 0.1) is 6.92 Å². The zero-order valence-electron chi connectivity index (χ0n) is 15.9. The molecule has 0 saturated heterocycles. The molecule has 29 heavy (non-hydrogen) atoms. The molecule has 0 unspecified atom stereocenters. The summed E-state index contributed by atoms with van der Waals surface area (Å²) in [6.45, 7) is 2.21. The second-order valence-corrected chi connectivity index (χ2v) is 7.37. The molecule has 144 valence electrons. The number of halogens is 1. The van der Waals surface area contributed by atoms with Crippen LogP contribution in [-0.4, -0.2) is 16.7 Å². The molecule has 4 nitrogen and oxygen atoms in total. The Labute approximate surface area is 174 Å². The van der Waals surface area contributed by atoms with Crippen LogP contribution in [0.2, 0.25) is 5.02 Å². The Morgan fingerprint density at radius 3 is 2.14 bits per heavy atom. The molecule has 4 rings (SSSR count). The first-order valence-electron chi connectivity index (χ1n) is 9.27. The number of carbonyl (C=O) groups excluding carboxylic acids is 2. The van der Waals surface area contributed by atoms with E-state index in [2.05, 4.69) is 5.32 Å². The second-order valence-electron chi connectivity index (χ2n) is 6.93. The van der Waals surface area contributed by atoms with Crippen molar-refractivity contribution in [1.29, 1.82) is 0 Å². The summed E-state index contributed by atoms with van der Waals surface area (Å²) in [7, 11) is 0. The van der Waals surface area contributed by atoms with Gasteiger partial charge in [-0.3, -0.25) is 14.5 Å². The third-order valence-corrected chi connectivity index (χ3v) is 5.06. The third kappa shape index (κ3) is 3.93. The molecule has 3 aromatic rings. The van der Waals surface area contributed by atoms with Crippen molar-refractivity contribution in [3.05, 3.63) is 106 Å². The van der Waals surface area contributed by atoms with E-state index in [1.165, 1.54) is 4.90 Å². The van der Waals surface area contributed by atoms with Crippen molar-refractivity contribution >= 4 is 34.7 Å². The summed E-state index contributed by atoms with van der Waals surface area (Å²) < 4.78 is 0. The Balaban J connectivity index is 1.74. The van der Waals surface area contributed by atoms with Gasteiger partial charge in [0, 0.05) is 10.7 Å². The number of hydrogen-bond acceptors (Lipinski definition) is 3. The highest BCUT2D eigenvalue weighted by atomic mass is 35.5. The quantitative estimate of drug-likeness (QED) is 0.608. The number of benzene rings is 3. The highest BCUT2D eigenvalue weighted by Crippen LogP contribution is 2.32. The molecule has 1 heterocycles. The van der Waals surface area contributed by atoms with Crippen molar-refractivity contribution in [2.24, 2.45) is 0 Å². The molecular weight excluding hydrogens is 384 g/mol. The predicted octanol–water partition coefficient (Wildman–Crippen LogP) is 5.04. The fraction of sp³-hybridized carbons (Fsp3) is 0.0833. The lowest BCUT2D eigenvalue weighted by molar-refractivity contribution is -0.137. The van der Waals surface area contributed by atoms with E-state index in [4.69, 9.17) is 11.6 Å². The number of imide groups is 1. The molecular formula is C24H19ClN2O2. The van der Waals surface area contributed by atoms with Gasteiger partial charge in [-0.05, 0) is 42.3 Å². The van der Waals surface area contributed by atoms with Crippen LogP contribution in [0.5, 0.6) is 0 Å². The normalized spacial score (nSPS) is 13.9. The van der Waals surface area contributed by atoms with Crippen LogP contribution in [0.15, 0.2) is 84.6 Å². The molecule has 0 saturated carbocycles. The lowest BCUT2D eigenvalue weighted by Gasteiger charge is -2.15. The van der Waals surface area contributed by atoms with Crippen molar-refractivity contribution in [3.63, 3.8) is 0 Å². The Morgan fingerprint density at radius 2 is 1.48 bits per heavy atom. The molecule has 0 aliphatic carbocycles. The van der Waals surface area contributed by atoms with Crippen molar-refractivity contribution in [2.75, 3.05) is 5.32 Å². The summed E-state index contributed by atoms with van der Waals surface area (Å²) in [4.78, 5) is 27.7. The first-order chi connectivity index (χ1) is 14.0. The lowest BCUT2D eigenvalue weighted by atomic mass is 10.0. The van der Waals surface area contributed by atoms with Crippen molar-refractivity contribution in [1.82, 2.24) is 4.90 Å². The van der Waals surface area contributed by atoms with Crippen LogP contribution in [0.25, 0.3) is 5.57 Å². The minimum Gasteiger partial charge on any atom is -0.350 e. The van der Waals surface area contributed by atoms with Gasteiger partial charge in [0.1, 0.15) is 5.70 Å². The number of hydrogen-bond donors (Lipinski definition) is 1. The van der Waals surface area contributed by atoms with E-state index in [9.17, 15) is 9.59 Å². The van der Waals surface area contributed by atoms with E-state index < -0.39 is 0 Å². The van der Waals surface area contributed by atoms with Gasteiger partial charge in [-0.1, -0.05) is 71.8 Å². The van der Waals surface area contributed by atoms with E-state index in [1.807, 2.05) is 61.5 Å². The van der Waals surface area contributed by atoms with Crippen LogP contribution in [-0.2, 0) is 16.1 Å². The molecule has 0 bridgehead atoms. The van der Waals surface area contributed by atoms with Crippen molar-refractivity contribution < 1.29 is 9.59 Å². The summed E-state index contributed by atoms with van der Waals surface area (Å²) in [6.07, 6.45) is 0. The van der Waals surface area contributed by atoms with Gasteiger partial charge in [0.25, 0.3) is 11.8 Å². The van der Waals surface area contributed by atoms with Gasteiger partial charge in [0.15, 0.2) is 0 Å². The van der Waals surface area contributed by atoms with E-state index in [1.54, 1.807) is 24.3 Å². The molecule has 5 heteroatoms. The number of aryl methyl sites for hydroxylation is 1. The molecule has 0 radical (unpaired) electrons. The van der Waals surface area contributed by atoms with Crippen molar-refractivity contribution in [3.8, 4) is 0 Å². The molecule has 0 aromatic heterocycles. The zero-order valence-corrected chi connectivity index (χ0v) is 16.6. The average Bonchev–Trinajstić information content (AvgIpc) is 2.95. The first kappa shape index (κ1) is 19.0. The maximum Gasteiger partial charge on any atom is 0.278 e. The number of anilines is 1. The highest BCUT2D eigenvalue weighted by Gasteiger charge is 2.39. The Kier molecular flexibility index (Phi) is 5.19. The minimum atomic E-state index is -0.343. The Hall–Kier alpha value is -3.37. The highest BCUT2D eigenvalue weighted by molar-refractivity contribution is 6.36. The van der Waals surface area contributed by atoms with Gasteiger partial charge in [0.05, 0.1) is 12.1 Å². The summed E-state index contributed by atoms with van der Waals surface area (Å²) >= 11 is 6.01. The molecule has 1 aliphatic heterocycles. The standard InChI is InChI=1S/C24H19ClN2O2/c1-16-7-13-20(14-8-16)26-22-21(18-9-11-19(25)12-10-18)23(28)27(24(22)29)15-17-5-3-2-4-6-17/h2-14,26H,15H2,1H3. The van der Waals surface area contributed by atoms with Gasteiger partial charge in [0.2, 0.25) is 0 Å². The van der Waals surface area contributed by atoms with Gasteiger partial charge < -0.3 is 5.32 Å². The van der Waals surface area contributed by atoms with Gasteiger partial charge >= 0.3 is 0 Å². The smallest absolute Gasteiger partial charge is 0.278 e. The minimum absolute atomic E-state index is 0.217. The summed E-state index contributed by atoms with van der Waals surface area (Å²) in [5.41, 5.74) is 4.03. The van der Waals surface area contributed by atoms with Crippen LogP contribution >= 0.6 is 11.6 Å². The molecule has 2 amide bonds. The largest absolute Gasteiger partial charge is 0.350 e.